The number of aromatic nitrogens is 3. The number of aryl methyl sites for hydroxylation is 2. The summed E-state index contributed by atoms with van der Waals surface area (Å²) in [5, 5.41) is 8.97. The lowest BCUT2D eigenvalue weighted by Crippen LogP contribution is -2.38. The SMILES string of the molecule is CC[N+](C)(C)Cc1cc(C2(c3ccc(OCCOCCOCCOC)c(N(C)C)c3)c3cc(C)ccc3-c3ccc(-c4ncnc(C)n4)cc32)ccc1COCCOCCOCCO. The van der Waals surface area contributed by atoms with Gasteiger partial charge >= 0.3 is 0 Å². The zero-order valence-electron chi connectivity index (χ0n) is 39.2. The Bertz CT molecular complexity index is 2270. The van der Waals surface area contributed by atoms with Gasteiger partial charge in [0.05, 0.1) is 111 Å². The highest BCUT2D eigenvalue weighted by Gasteiger charge is 2.47. The summed E-state index contributed by atoms with van der Waals surface area (Å²) in [6.07, 6.45) is 1.58. The maximum atomic E-state index is 8.97. The second-order valence-corrected chi connectivity index (χ2v) is 17.0. The number of ether oxygens (including phenoxy) is 7. The third kappa shape index (κ3) is 11.9. The highest BCUT2D eigenvalue weighted by molar-refractivity contribution is 5.88. The highest BCUT2D eigenvalue weighted by Crippen LogP contribution is 2.58. The van der Waals surface area contributed by atoms with Crippen molar-refractivity contribution in [3.8, 4) is 28.3 Å². The van der Waals surface area contributed by atoms with Gasteiger partial charge < -0.3 is 47.6 Å². The van der Waals surface area contributed by atoms with Crippen LogP contribution >= 0.6 is 0 Å². The molecule has 1 aliphatic rings. The van der Waals surface area contributed by atoms with Crippen LogP contribution in [0.2, 0.25) is 0 Å². The highest BCUT2D eigenvalue weighted by atomic mass is 16.6. The quantitative estimate of drug-likeness (QED) is 0.0433. The van der Waals surface area contributed by atoms with Crippen molar-refractivity contribution in [2.75, 3.05) is 126 Å². The van der Waals surface area contributed by atoms with E-state index in [4.69, 9.17) is 43.2 Å². The molecule has 0 aliphatic heterocycles. The molecule has 4 aromatic carbocycles. The molecular weight excluding hydrogens is 811 g/mol. The van der Waals surface area contributed by atoms with Crippen molar-refractivity contribution in [3.05, 3.63) is 124 Å². The fraction of sp³-hybridized carbons (Fsp3) is 0.471. The summed E-state index contributed by atoms with van der Waals surface area (Å²) in [5.41, 5.74) is 11.7. The van der Waals surface area contributed by atoms with Crippen LogP contribution in [0, 0.1) is 13.8 Å². The van der Waals surface area contributed by atoms with Crippen LogP contribution in [0.25, 0.3) is 22.5 Å². The summed E-state index contributed by atoms with van der Waals surface area (Å²) < 4.78 is 41.0. The molecule has 0 amide bonds. The Labute approximate surface area is 379 Å². The van der Waals surface area contributed by atoms with Gasteiger partial charge in [0.15, 0.2) is 5.82 Å². The number of aliphatic hydroxyl groups is 1. The maximum absolute atomic E-state index is 8.97. The van der Waals surface area contributed by atoms with Gasteiger partial charge in [0, 0.05) is 32.3 Å². The van der Waals surface area contributed by atoms with Gasteiger partial charge in [0.1, 0.15) is 31.1 Å². The van der Waals surface area contributed by atoms with E-state index < -0.39 is 5.41 Å². The summed E-state index contributed by atoms with van der Waals surface area (Å²) in [7, 11) is 10.3. The lowest BCUT2D eigenvalue weighted by atomic mass is 9.66. The van der Waals surface area contributed by atoms with Gasteiger partial charge in [-0.1, -0.05) is 54.1 Å². The molecule has 0 spiro atoms. The Morgan fingerprint density at radius 1 is 0.656 bits per heavy atom. The molecule has 0 bridgehead atoms. The molecule has 0 fully saturated rings. The molecular formula is C51H68N5O8+. The maximum Gasteiger partial charge on any atom is 0.162 e. The van der Waals surface area contributed by atoms with Gasteiger partial charge in [0.25, 0.3) is 0 Å². The first-order valence-electron chi connectivity index (χ1n) is 22.3. The minimum atomic E-state index is -0.743. The van der Waals surface area contributed by atoms with Crippen LogP contribution in [0.15, 0.2) is 79.1 Å². The van der Waals surface area contributed by atoms with Crippen molar-refractivity contribution in [2.24, 2.45) is 0 Å². The van der Waals surface area contributed by atoms with Crippen molar-refractivity contribution >= 4 is 5.69 Å². The Morgan fingerprint density at radius 2 is 1.28 bits per heavy atom. The fourth-order valence-corrected chi connectivity index (χ4v) is 8.19. The predicted octanol–water partition coefficient (Wildman–Crippen LogP) is 6.78. The first-order chi connectivity index (χ1) is 31.0. The smallest absolute Gasteiger partial charge is 0.162 e. The minimum Gasteiger partial charge on any atom is -0.489 e. The largest absolute Gasteiger partial charge is 0.489 e. The first-order valence-corrected chi connectivity index (χ1v) is 22.3. The second-order valence-electron chi connectivity index (χ2n) is 17.0. The zero-order valence-corrected chi connectivity index (χ0v) is 39.2. The Morgan fingerprint density at radius 3 is 1.95 bits per heavy atom. The molecule has 13 nitrogen and oxygen atoms in total. The molecule has 13 heteroatoms. The van der Waals surface area contributed by atoms with Gasteiger partial charge in [-0.25, -0.2) is 15.0 Å². The molecule has 0 saturated carbocycles. The standard InChI is InChI=1S/C51H68N5O8/c1-9-56(6,7)34-41-31-42(13-11-40(41)35-63-27-26-61-23-22-59-19-18-57)51(43-14-17-49(48(33-43)55(4)5)64-29-28-62-25-24-60-21-20-58-8)46-30-37(2)10-15-44(46)45-16-12-39(32-47(45)51)50-53-36-52-38(3)54-50/h10-17,30-33,36,57H,9,18-29,34-35H2,1-8H3/q+1. The number of rotatable bonds is 27. The van der Waals surface area contributed by atoms with E-state index in [1.165, 1.54) is 27.8 Å². The van der Waals surface area contributed by atoms with Crippen LogP contribution < -0.4 is 9.64 Å². The summed E-state index contributed by atoms with van der Waals surface area (Å²) >= 11 is 0. The summed E-state index contributed by atoms with van der Waals surface area (Å²) in [6.45, 7) is 13.5. The Kier molecular flexibility index (Phi) is 17.8. The van der Waals surface area contributed by atoms with E-state index in [9.17, 15) is 0 Å². The molecule has 0 radical (unpaired) electrons. The zero-order chi connectivity index (χ0) is 45.5. The predicted molar refractivity (Wildman–Crippen MR) is 250 cm³/mol. The lowest BCUT2D eigenvalue weighted by molar-refractivity contribution is -0.901. The van der Waals surface area contributed by atoms with Crippen molar-refractivity contribution in [1.82, 2.24) is 15.0 Å². The molecule has 6 rings (SSSR count). The summed E-state index contributed by atoms with van der Waals surface area (Å²) in [4.78, 5) is 15.8. The topological polar surface area (TPSA) is 127 Å². The van der Waals surface area contributed by atoms with E-state index in [0.29, 0.717) is 90.9 Å². The average molecular weight is 879 g/mol. The molecule has 1 atom stereocenters. The van der Waals surface area contributed by atoms with Crippen molar-refractivity contribution in [3.63, 3.8) is 0 Å². The van der Waals surface area contributed by atoms with Gasteiger partial charge in [-0.15, -0.1) is 0 Å². The third-order valence-electron chi connectivity index (χ3n) is 11.7. The average Bonchev–Trinajstić information content (AvgIpc) is 3.57. The minimum absolute atomic E-state index is 0.00149. The Hall–Kier alpha value is -4.83. The van der Waals surface area contributed by atoms with Gasteiger partial charge in [-0.3, -0.25) is 0 Å². The number of benzene rings is 4. The second kappa shape index (κ2) is 23.4. The van der Waals surface area contributed by atoms with Crippen LogP contribution in [-0.2, 0) is 47.0 Å². The van der Waals surface area contributed by atoms with E-state index in [1.54, 1.807) is 13.4 Å². The fourth-order valence-electron chi connectivity index (χ4n) is 8.19. The van der Waals surface area contributed by atoms with Crippen LogP contribution in [-0.4, -0.2) is 146 Å². The number of methoxy groups -OCH3 is 1. The lowest BCUT2D eigenvalue weighted by Gasteiger charge is -2.36. The molecule has 64 heavy (non-hydrogen) atoms. The summed E-state index contributed by atoms with van der Waals surface area (Å²) in [5.74, 6) is 2.08. The molecule has 344 valence electrons. The molecule has 1 heterocycles. The van der Waals surface area contributed by atoms with Gasteiger partial charge in [0.2, 0.25) is 0 Å². The summed E-state index contributed by atoms with van der Waals surface area (Å²) in [6, 6.07) is 27.1. The molecule has 1 aliphatic carbocycles. The molecule has 5 aromatic rings. The normalized spacial score (nSPS) is 14.5. The van der Waals surface area contributed by atoms with Crippen molar-refractivity contribution in [2.45, 2.75) is 39.3 Å². The van der Waals surface area contributed by atoms with Crippen LogP contribution in [0.5, 0.6) is 5.75 Å². The molecule has 1 N–H and O–H groups in total. The van der Waals surface area contributed by atoms with E-state index >= 15 is 0 Å². The van der Waals surface area contributed by atoms with Crippen LogP contribution in [0.3, 0.4) is 0 Å². The number of anilines is 1. The third-order valence-corrected chi connectivity index (χ3v) is 11.7. The number of hydrogen-bond donors (Lipinski definition) is 1. The van der Waals surface area contributed by atoms with Gasteiger partial charge in [-0.05, 0) is 84.0 Å². The number of aliphatic hydroxyl groups excluding tert-OH is 1. The number of fused-ring (bicyclic) bond motifs is 3. The number of hydrogen-bond acceptors (Lipinski definition) is 12. The van der Waals surface area contributed by atoms with Gasteiger partial charge in [-0.2, -0.15) is 0 Å². The van der Waals surface area contributed by atoms with Crippen LogP contribution in [0.1, 0.15) is 51.7 Å². The van der Waals surface area contributed by atoms with E-state index in [2.05, 4.69) is 130 Å². The molecule has 0 saturated heterocycles. The van der Waals surface area contributed by atoms with E-state index in [0.717, 1.165) is 56.8 Å². The van der Waals surface area contributed by atoms with E-state index in [1.807, 2.05) is 6.92 Å². The number of quaternary nitrogens is 1. The molecule has 1 aromatic heterocycles. The van der Waals surface area contributed by atoms with E-state index in [-0.39, 0.29) is 6.61 Å². The first kappa shape index (κ1) is 48.6. The molecule has 1 unspecified atom stereocenters. The Balaban J connectivity index is 1.45. The monoisotopic (exact) mass is 879 g/mol. The van der Waals surface area contributed by atoms with Crippen molar-refractivity contribution < 1.29 is 42.7 Å². The van der Waals surface area contributed by atoms with Crippen molar-refractivity contribution in [1.29, 1.82) is 0 Å². The van der Waals surface area contributed by atoms with Crippen LogP contribution in [0.4, 0.5) is 5.69 Å². The number of nitrogens with zero attached hydrogens (tertiary/aromatic N) is 5.